The van der Waals surface area contributed by atoms with E-state index in [2.05, 4.69) is 25.5 Å². The van der Waals surface area contributed by atoms with E-state index in [0.29, 0.717) is 29.2 Å². The van der Waals surface area contributed by atoms with Crippen LogP contribution in [0.15, 0.2) is 59.5 Å². The Hall–Kier alpha value is -3.65. The molecule has 1 saturated heterocycles. The van der Waals surface area contributed by atoms with Gasteiger partial charge in [0.25, 0.3) is 11.5 Å². The zero-order chi connectivity index (χ0) is 23.2. The van der Waals surface area contributed by atoms with Crippen molar-refractivity contribution in [2.24, 2.45) is 5.73 Å². The van der Waals surface area contributed by atoms with Crippen molar-refractivity contribution in [3.8, 4) is 11.3 Å². The molecule has 0 unspecified atom stereocenters. The fourth-order valence-corrected chi connectivity index (χ4v) is 3.88. The number of carbonyl (C=O) groups is 1. The van der Waals surface area contributed by atoms with Crippen LogP contribution in [0.25, 0.3) is 11.3 Å². The Morgan fingerprint density at radius 1 is 1.15 bits per heavy atom. The van der Waals surface area contributed by atoms with Gasteiger partial charge in [-0.2, -0.15) is 0 Å². The molecule has 0 saturated carbocycles. The van der Waals surface area contributed by atoms with E-state index in [-0.39, 0.29) is 23.2 Å². The monoisotopic (exact) mass is 446 g/mol. The molecule has 1 aliphatic rings. The summed E-state index contributed by atoms with van der Waals surface area (Å²) in [4.78, 5) is 34.8. The zero-order valence-corrected chi connectivity index (χ0v) is 18.8. The first-order valence-electron chi connectivity index (χ1n) is 11.4. The molecule has 3 aromatic rings. The number of carbonyl (C=O) groups excluding carboxylic acids is 1. The second kappa shape index (κ2) is 10.3. The smallest absolute Gasteiger partial charge is 0.271 e. The van der Waals surface area contributed by atoms with Gasteiger partial charge in [-0.3, -0.25) is 9.59 Å². The molecule has 0 spiro atoms. The number of nitrogens with zero attached hydrogens (tertiary/aromatic N) is 2. The van der Waals surface area contributed by atoms with Crippen molar-refractivity contribution < 1.29 is 4.79 Å². The van der Waals surface area contributed by atoms with Crippen molar-refractivity contribution in [2.45, 2.75) is 32.2 Å². The van der Waals surface area contributed by atoms with Gasteiger partial charge in [-0.05, 0) is 68.7 Å². The number of hydrogen-bond acceptors (Lipinski definition) is 6. The van der Waals surface area contributed by atoms with Gasteiger partial charge in [0, 0.05) is 48.7 Å². The van der Waals surface area contributed by atoms with Gasteiger partial charge in [-0.25, -0.2) is 4.98 Å². The number of nitrogens with one attached hydrogen (secondary N) is 3. The van der Waals surface area contributed by atoms with Gasteiger partial charge in [-0.15, -0.1) is 0 Å². The average Bonchev–Trinajstić information content (AvgIpc) is 2.86. The summed E-state index contributed by atoms with van der Waals surface area (Å²) in [6.07, 6.45) is 5.25. The van der Waals surface area contributed by atoms with Crippen molar-refractivity contribution in [3.05, 3.63) is 70.6 Å². The van der Waals surface area contributed by atoms with Crippen molar-refractivity contribution >= 4 is 23.1 Å². The molecule has 33 heavy (non-hydrogen) atoms. The lowest BCUT2D eigenvalue weighted by Gasteiger charge is -2.28. The number of benzene rings is 1. The number of hydrogen-bond donors (Lipinski definition) is 4. The van der Waals surface area contributed by atoms with E-state index >= 15 is 0 Å². The van der Waals surface area contributed by atoms with Crippen molar-refractivity contribution in [2.75, 3.05) is 35.2 Å². The minimum Gasteiger partial charge on any atom is -0.372 e. The molecule has 4 rings (SSSR count). The zero-order valence-electron chi connectivity index (χ0n) is 18.8. The third-order valence-corrected chi connectivity index (χ3v) is 5.79. The summed E-state index contributed by atoms with van der Waals surface area (Å²) in [7, 11) is 0. The van der Waals surface area contributed by atoms with Crippen molar-refractivity contribution in [3.63, 3.8) is 0 Å². The topological polar surface area (TPSA) is 116 Å². The highest BCUT2D eigenvalue weighted by molar-refractivity contribution is 6.04. The maximum absolute atomic E-state index is 12.8. The van der Waals surface area contributed by atoms with Crippen molar-refractivity contribution in [1.82, 2.24) is 9.97 Å². The number of H-pyrrole nitrogens is 1. The number of pyridine rings is 2. The summed E-state index contributed by atoms with van der Waals surface area (Å²) >= 11 is 0. The van der Waals surface area contributed by atoms with Crippen LogP contribution in [0.5, 0.6) is 0 Å². The summed E-state index contributed by atoms with van der Waals surface area (Å²) < 4.78 is 0. The molecule has 1 atom stereocenters. The van der Waals surface area contributed by atoms with Crippen LogP contribution < -0.4 is 26.8 Å². The largest absolute Gasteiger partial charge is 0.372 e. The van der Waals surface area contributed by atoms with Crippen LogP contribution in [0.2, 0.25) is 0 Å². The Balaban J connectivity index is 1.50. The normalized spacial score (nSPS) is 14.5. The Bertz CT molecular complexity index is 1150. The minimum atomic E-state index is -0.372. The highest BCUT2D eigenvalue weighted by Crippen LogP contribution is 2.22. The Labute approximate surface area is 193 Å². The third-order valence-electron chi connectivity index (χ3n) is 5.79. The summed E-state index contributed by atoms with van der Waals surface area (Å²) in [5.41, 5.74) is 8.45. The lowest BCUT2D eigenvalue weighted by Crippen LogP contribution is -2.29. The molecule has 5 N–H and O–H groups in total. The van der Waals surface area contributed by atoms with E-state index in [1.54, 1.807) is 24.4 Å². The molecule has 1 fully saturated rings. The Morgan fingerprint density at radius 3 is 2.64 bits per heavy atom. The minimum absolute atomic E-state index is 0.0829. The number of aromatic nitrogens is 2. The molecule has 8 heteroatoms. The van der Waals surface area contributed by atoms with E-state index in [1.807, 2.05) is 37.3 Å². The highest BCUT2D eigenvalue weighted by atomic mass is 16.2. The van der Waals surface area contributed by atoms with Gasteiger partial charge >= 0.3 is 0 Å². The van der Waals surface area contributed by atoms with Gasteiger partial charge in [0.2, 0.25) is 0 Å². The molecule has 2 aromatic heterocycles. The van der Waals surface area contributed by atoms with Crippen LogP contribution in [0, 0.1) is 0 Å². The van der Waals surface area contributed by atoms with E-state index in [4.69, 9.17) is 5.73 Å². The van der Waals surface area contributed by atoms with Crippen LogP contribution in [0.4, 0.5) is 17.2 Å². The summed E-state index contributed by atoms with van der Waals surface area (Å²) in [5, 5.41) is 5.96. The predicted molar refractivity (Wildman–Crippen MR) is 133 cm³/mol. The van der Waals surface area contributed by atoms with E-state index in [1.165, 1.54) is 19.3 Å². The van der Waals surface area contributed by atoms with Gasteiger partial charge in [0.05, 0.1) is 5.69 Å². The van der Waals surface area contributed by atoms with E-state index in [9.17, 15) is 9.59 Å². The quantitative estimate of drug-likeness (QED) is 0.442. The summed E-state index contributed by atoms with van der Waals surface area (Å²) in [6.45, 7) is 4.55. The standard InChI is InChI=1S/C25H30N6O2/c1-17(15-26)28-23-7-5-6-21(29-23)19-14-22(25(33)27-16-19)30-24(32)18-8-10-20(11-9-18)31-12-3-2-4-13-31/h5-11,14,16-17H,2-4,12-13,15,26H2,1H3,(H,27,33)(H,28,29)(H,30,32)/t17-/m1/s1. The van der Waals surface area contributed by atoms with Crippen LogP contribution >= 0.6 is 0 Å². The average molecular weight is 447 g/mol. The molecule has 3 heterocycles. The number of aromatic amines is 1. The lowest BCUT2D eigenvalue weighted by molar-refractivity contribution is 0.102. The third kappa shape index (κ3) is 5.59. The number of nitrogens with two attached hydrogens (primary N) is 1. The van der Waals surface area contributed by atoms with Crippen LogP contribution in [0.3, 0.4) is 0 Å². The molecular weight excluding hydrogens is 416 g/mol. The lowest BCUT2D eigenvalue weighted by atomic mass is 10.1. The Kier molecular flexibility index (Phi) is 7.04. The predicted octanol–water partition coefficient (Wildman–Crippen LogP) is 3.44. The molecule has 8 nitrogen and oxygen atoms in total. The van der Waals surface area contributed by atoms with Crippen LogP contribution in [-0.4, -0.2) is 41.6 Å². The van der Waals surface area contributed by atoms with Gasteiger partial charge < -0.3 is 26.3 Å². The molecule has 1 amide bonds. The fraction of sp³-hybridized carbons (Fsp3) is 0.320. The number of anilines is 3. The van der Waals surface area contributed by atoms with Gasteiger partial charge in [0.15, 0.2) is 0 Å². The molecule has 0 bridgehead atoms. The van der Waals surface area contributed by atoms with Gasteiger partial charge in [0.1, 0.15) is 11.5 Å². The second-order valence-corrected chi connectivity index (χ2v) is 8.37. The Morgan fingerprint density at radius 2 is 1.91 bits per heavy atom. The first kappa shape index (κ1) is 22.5. The van der Waals surface area contributed by atoms with E-state index in [0.717, 1.165) is 18.8 Å². The second-order valence-electron chi connectivity index (χ2n) is 8.37. The maximum Gasteiger partial charge on any atom is 0.271 e. The maximum atomic E-state index is 12.8. The van der Waals surface area contributed by atoms with Crippen molar-refractivity contribution in [1.29, 1.82) is 0 Å². The van der Waals surface area contributed by atoms with Crippen LogP contribution in [0.1, 0.15) is 36.5 Å². The number of amides is 1. The van der Waals surface area contributed by atoms with E-state index < -0.39 is 0 Å². The van der Waals surface area contributed by atoms with Crippen LogP contribution in [-0.2, 0) is 0 Å². The molecule has 1 aliphatic heterocycles. The molecule has 0 aliphatic carbocycles. The SMILES string of the molecule is C[C@H](CN)Nc1cccc(-c2c[nH]c(=O)c(NC(=O)c3ccc(N4CCCCC4)cc3)c2)n1. The molecule has 1 aromatic carbocycles. The molecule has 172 valence electrons. The first-order chi connectivity index (χ1) is 16.0. The highest BCUT2D eigenvalue weighted by Gasteiger charge is 2.14. The first-order valence-corrected chi connectivity index (χ1v) is 11.4. The van der Waals surface area contributed by atoms with Gasteiger partial charge in [-0.1, -0.05) is 6.07 Å². The molecule has 0 radical (unpaired) electrons. The summed E-state index contributed by atoms with van der Waals surface area (Å²) in [5.74, 6) is 0.360. The molecular formula is C25H30N6O2. The summed E-state index contributed by atoms with van der Waals surface area (Å²) in [6, 6.07) is 14.8. The number of rotatable bonds is 7. The number of piperidine rings is 1. The fourth-order valence-electron chi connectivity index (χ4n) is 3.88.